The van der Waals surface area contributed by atoms with Crippen molar-refractivity contribution in [1.29, 1.82) is 0 Å². The molecule has 1 saturated heterocycles. The molecule has 1 aliphatic heterocycles. The summed E-state index contributed by atoms with van der Waals surface area (Å²) in [6.45, 7) is 7.31. The van der Waals surface area contributed by atoms with Crippen molar-refractivity contribution in [2.45, 2.75) is 26.4 Å². The van der Waals surface area contributed by atoms with Gasteiger partial charge in [-0.1, -0.05) is 18.5 Å². The molecule has 4 rings (SSSR count). The van der Waals surface area contributed by atoms with Crippen LogP contribution in [0.15, 0.2) is 42.5 Å². The number of ether oxygens (including phenoxy) is 1. The quantitative estimate of drug-likeness (QED) is 0.659. The van der Waals surface area contributed by atoms with Crippen molar-refractivity contribution in [3.05, 3.63) is 58.9 Å². The third kappa shape index (κ3) is 4.61. The largest absolute Gasteiger partial charge is 0.379 e. The second-order valence-corrected chi connectivity index (χ2v) is 7.67. The molecule has 0 bridgehead atoms. The summed E-state index contributed by atoms with van der Waals surface area (Å²) >= 11 is 5.90. The second kappa shape index (κ2) is 8.95. The summed E-state index contributed by atoms with van der Waals surface area (Å²) in [4.78, 5) is 19.8. The van der Waals surface area contributed by atoms with Crippen LogP contribution in [0.3, 0.4) is 0 Å². The van der Waals surface area contributed by atoms with Crippen LogP contribution in [0.1, 0.15) is 29.5 Å². The number of benzene rings is 2. The molecule has 0 spiro atoms. The van der Waals surface area contributed by atoms with Gasteiger partial charge < -0.3 is 14.6 Å². The van der Waals surface area contributed by atoms with Crippen molar-refractivity contribution >= 4 is 34.2 Å². The number of imidazole rings is 1. The van der Waals surface area contributed by atoms with Gasteiger partial charge in [0.1, 0.15) is 5.82 Å². The number of hydrogen-bond acceptors (Lipinski definition) is 4. The number of morpholine rings is 1. The minimum Gasteiger partial charge on any atom is -0.379 e. The first-order chi connectivity index (χ1) is 14.1. The molecule has 6 nitrogen and oxygen atoms in total. The monoisotopic (exact) mass is 412 g/mol. The topological polar surface area (TPSA) is 59.4 Å². The van der Waals surface area contributed by atoms with Crippen LogP contribution in [0.4, 0.5) is 5.69 Å². The van der Waals surface area contributed by atoms with E-state index in [1.165, 1.54) is 0 Å². The van der Waals surface area contributed by atoms with Crippen molar-refractivity contribution in [2.24, 2.45) is 0 Å². The highest BCUT2D eigenvalue weighted by molar-refractivity contribution is 6.30. The molecule has 1 aliphatic rings. The number of rotatable bonds is 6. The Kier molecular flexibility index (Phi) is 6.13. The Balaban J connectivity index is 1.57. The standard InChI is InChI=1S/C22H25ClN4O2/c1-2-9-27-20-8-7-18(24-22(28)16-3-5-17(23)6-4-16)14-19(20)25-21(27)15-26-10-12-29-13-11-26/h3-8,14H,2,9-13,15H2,1H3,(H,24,28). The van der Waals surface area contributed by atoms with Crippen molar-refractivity contribution in [2.75, 3.05) is 31.6 Å². The number of aryl methyl sites for hydroxylation is 1. The fourth-order valence-electron chi connectivity index (χ4n) is 3.62. The normalized spacial score (nSPS) is 15.0. The van der Waals surface area contributed by atoms with E-state index in [0.29, 0.717) is 10.6 Å². The highest BCUT2D eigenvalue weighted by atomic mass is 35.5. The van der Waals surface area contributed by atoms with E-state index in [4.69, 9.17) is 21.3 Å². The zero-order valence-corrected chi connectivity index (χ0v) is 17.3. The summed E-state index contributed by atoms with van der Waals surface area (Å²) in [5.41, 5.74) is 3.30. The maximum absolute atomic E-state index is 12.5. The van der Waals surface area contributed by atoms with E-state index in [1.807, 2.05) is 18.2 Å². The molecule has 1 aromatic heterocycles. The molecule has 152 valence electrons. The highest BCUT2D eigenvalue weighted by Gasteiger charge is 2.17. The summed E-state index contributed by atoms with van der Waals surface area (Å²) < 4.78 is 7.74. The molecule has 0 unspecified atom stereocenters. The first kappa shape index (κ1) is 19.9. The predicted molar refractivity (Wildman–Crippen MR) is 116 cm³/mol. The Hall–Kier alpha value is -2.41. The molecule has 0 radical (unpaired) electrons. The van der Waals surface area contributed by atoms with Gasteiger partial charge >= 0.3 is 0 Å². The molecule has 0 aliphatic carbocycles. The van der Waals surface area contributed by atoms with Gasteiger partial charge in [0.05, 0.1) is 30.8 Å². The zero-order valence-electron chi connectivity index (χ0n) is 16.5. The summed E-state index contributed by atoms with van der Waals surface area (Å²) in [7, 11) is 0. The number of nitrogens with one attached hydrogen (secondary N) is 1. The molecule has 3 aromatic rings. The lowest BCUT2D eigenvalue weighted by atomic mass is 10.2. The highest BCUT2D eigenvalue weighted by Crippen LogP contribution is 2.23. The third-order valence-electron chi connectivity index (χ3n) is 5.11. The Bertz CT molecular complexity index is 994. The number of anilines is 1. The van der Waals surface area contributed by atoms with Crippen LogP contribution in [0, 0.1) is 0 Å². The number of fused-ring (bicyclic) bond motifs is 1. The molecule has 1 fully saturated rings. The van der Waals surface area contributed by atoms with Crippen LogP contribution in [0.2, 0.25) is 5.02 Å². The molecule has 29 heavy (non-hydrogen) atoms. The van der Waals surface area contributed by atoms with Gasteiger partial charge in [-0.3, -0.25) is 9.69 Å². The van der Waals surface area contributed by atoms with Crippen LogP contribution in [0.25, 0.3) is 11.0 Å². The molecular weight excluding hydrogens is 388 g/mol. The van der Waals surface area contributed by atoms with Gasteiger partial charge in [0.2, 0.25) is 0 Å². The van der Waals surface area contributed by atoms with E-state index in [9.17, 15) is 4.79 Å². The fraction of sp³-hybridized carbons (Fsp3) is 0.364. The maximum atomic E-state index is 12.5. The van der Waals surface area contributed by atoms with E-state index in [2.05, 4.69) is 21.7 Å². The average Bonchev–Trinajstić information content (AvgIpc) is 3.06. The molecule has 0 atom stereocenters. The Morgan fingerprint density at radius 1 is 1.17 bits per heavy atom. The Labute approximate surface area is 175 Å². The molecule has 7 heteroatoms. The van der Waals surface area contributed by atoms with Gasteiger partial charge in [-0.15, -0.1) is 0 Å². The average molecular weight is 413 g/mol. The first-order valence-corrected chi connectivity index (χ1v) is 10.4. The van der Waals surface area contributed by atoms with E-state index in [-0.39, 0.29) is 5.91 Å². The van der Waals surface area contributed by atoms with Crippen molar-refractivity contribution in [1.82, 2.24) is 14.5 Å². The number of hydrogen-bond donors (Lipinski definition) is 1. The molecule has 1 amide bonds. The number of amides is 1. The van der Waals surface area contributed by atoms with Gasteiger partial charge in [0.25, 0.3) is 5.91 Å². The number of nitrogens with zero attached hydrogens (tertiary/aromatic N) is 3. The zero-order chi connectivity index (χ0) is 20.2. The lowest BCUT2D eigenvalue weighted by Gasteiger charge is -2.26. The molecule has 1 N–H and O–H groups in total. The second-order valence-electron chi connectivity index (χ2n) is 7.23. The predicted octanol–water partition coefficient (Wildman–Crippen LogP) is 4.18. The van der Waals surface area contributed by atoms with Gasteiger partial charge in [0.15, 0.2) is 0 Å². The van der Waals surface area contributed by atoms with Gasteiger partial charge in [-0.25, -0.2) is 4.98 Å². The smallest absolute Gasteiger partial charge is 0.255 e. The van der Waals surface area contributed by atoms with Crippen molar-refractivity contribution < 1.29 is 9.53 Å². The fourth-order valence-corrected chi connectivity index (χ4v) is 3.74. The van der Waals surface area contributed by atoms with Gasteiger partial charge in [-0.2, -0.15) is 0 Å². The first-order valence-electron chi connectivity index (χ1n) is 10.00. The number of aromatic nitrogens is 2. The Morgan fingerprint density at radius 3 is 2.66 bits per heavy atom. The Morgan fingerprint density at radius 2 is 1.93 bits per heavy atom. The van der Waals surface area contributed by atoms with Crippen LogP contribution in [0.5, 0.6) is 0 Å². The van der Waals surface area contributed by atoms with Crippen LogP contribution >= 0.6 is 11.6 Å². The molecular formula is C22H25ClN4O2. The number of halogens is 1. The minimum atomic E-state index is -0.164. The van der Waals surface area contributed by atoms with Gasteiger partial charge in [-0.05, 0) is 48.9 Å². The van der Waals surface area contributed by atoms with E-state index >= 15 is 0 Å². The van der Waals surface area contributed by atoms with E-state index in [1.54, 1.807) is 24.3 Å². The summed E-state index contributed by atoms with van der Waals surface area (Å²) in [5, 5.41) is 3.56. The van der Waals surface area contributed by atoms with Crippen LogP contribution < -0.4 is 5.32 Å². The molecule has 0 saturated carbocycles. The van der Waals surface area contributed by atoms with E-state index in [0.717, 1.165) is 68.4 Å². The van der Waals surface area contributed by atoms with Gasteiger partial charge in [0, 0.05) is 35.9 Å². The number of carbonyl (C=O) groups is 1. The SMILES string of the molecule is CCCn1c(CN2CCOCC2)nc2cc(NC(=O)c3ccc(Cl)cc3)ccc21. The summed E-state index contributed by atoms with van der Waals surface area (Å²) in [5.74, 6) is 0.896. The van der Waals surface area contributed by atoms with Crippen molar-refractivity contribution in [3.8, 4) is 0 Å². The van der Waals surface area contributed by atoms with Crippen LogP contribution in [-0.2, 0) is 17.8 Å². The third-order valence-corrected chi connectivity index (χ3v) is 5.36. The van der Waals surface area contributed by atoms with E-state index < -0.39 is 0 Å². The lowest BCUT2D eigenvalue weighted by molar-refractivity contribution is 0.0326. The minimum absolute atomic E-state index is 0.164. The van der Waals surface area contributed by atoms with Crippen LogP contribution in [-0.4, -0.2) is 46.7 Å². The maximum Gasteiger partial charge on any atom is 0.255 e. The molecule has 2 aromatic carbocycles. The summed E-state index contributed by atoms with van der Waals surface area (Å²) in [6.07, 6.45) is 1.04. The molecule has 2 heterocycles. The number of carbonyl (C=O) groups excluding carboxylic acids is 1. The van der Waals surface area contributed by atoms with Crippen molar-refractivity contribution in [3.63, 3.8) is 0 Å². The summed E-state index contributed by atoms with van der Waals surface area (Å²) in [6, 6.07) is 12.8. The lowest BCUT2D eigenvalue weighted by Crippen LogP contribution is -2.36.